The molecular weight excluding hydrogens is 230 g/mol. The van der Waals surface area contributed by atoms with Crippen molar-refractivity contribution in [1.29, 1.82) is 0 Å². The molecule has 14 heavy (non-hydrogen) atoms. The van der Waals surface area contributed by atoms with E-state index in [1.165, 1.54) is 14.2 Å². The Bertz CT molecular complexity index is 212. The lowest BCUT2D eigenvalue weighted by atomic mass is 10.5. The van der Waals surface area contributed by atoms with Gasteiger partial charge in [-0.25, -0.2) is 0 Å². The zero-order chi connectivity index (χ0) is 11.0. The molecule has 0 aromatic rings. The highest BCUT2D eigenvalue weighted by Crippen LogP contribution is 2.46. The first-order valence-corrected chi connectivity index (χ1v) is 6.26. The standard InChI is InChI=1S/C7H14ClO5P/c1-11-14(10,12-2)6-3-7(9)13-5-4-8/h3-6H2,1-2H3. The number of halogens is 1. The van der Waals surface area contributed by atoms with Gasteiger partial charge in [-0.15, -0.1) is 11.6 Å². The average molecular weight is 245 g/mol. The Labute approximate surface area is 88.2 Å². The van der Waals surface area contributed by atoms with Crippen molar-refractivity contribution in [3.63, 3.8) is 0 Å². The van der Waals surface area contributed by atoms with Gasteiger partial charge in [-0.2, -0.15) is 0 Å². The number of carbonyl (C=O) groups is 1. The molecule has 0 rings (SSSR count). The van der Waals surface area contributed by atoms with Crippen LogP contribution in [0.4, 0.5) is 0 Å². The van der Waals surface area contributed by atoms with Gasteiger partial charge in [-0.1, -0.05) is 0 Å². The van der Waals surface area contributed by atoms with E-state index < -0.39 is 13.6 Å². The van der Waals surface area contributed by atoms with Gasteiger partial charge in [0, 0.05) is 14.2 Å². The molecule has 0 spiro atoms. The molecule has 0 aliphatic heterocycles. The molecule has 0 aromatic carbocycles. The Morgan fingerprint density at radius 3 is 2.36 bits per heavy atom. The Morgan fingerprint density at radius 1 is 1.36 bits per heavy atom. The van der Waals surface area contributed by atoms with Crippen molar-refractivity contribution >= 4 is 25.2 Å². The fourth-order valence-electron chi connectivity index (χ4n) is 0.710. The zero-order valence-corrected chi connectivity index (χ0v) is 9.85. The van der Waals surface area contributed by atoms with Gasteiger partial charge in [-0.3, -0.25) is 9.36 Å². The van der Waals surface area contributed by atoms with E-state index in [0.717, 1.165) is 0 Å². The fourth-order valence-corrected chi connectivity index (χ4v) is 1.76. The van der Waals surface area contributed by atoms with E-state index in [0.29, 0.717) is 0 Å². The number of esters is 1. The summed E-state index contributed by atoms with van der Waals surface area (Å²) in [6.07, 6.45) is 0.0109. The third-order valence-electron chi connectivity index (χ3n) is 1.49. The zero-order valence-electron chi connectivity index (χ0n) is 8.19. The topological polar surface area (TPSA) is 61.8 Å². The van der Waals surface area contributed by atoms with Crippen molar-refractivity contribution in [1.82, 2.24) is 0 Å². The number of carbonyl (C=O) groups excluding carboxylic acids is 1. The van der Waals surface area contributed by atoms with Crippen molar-refractivity contribution in [2.45, 2.75) is 6.42 Å². The predicted octanol–water partition coefficient (Wildman–Crippen LogP) is 1.64. The van der Waals surface area contributed by atoms with Gasteiger partial charge in [-0.05, 0) is 0 Å². The fraction of sp³-hybridized carbons (Fsp3) is 0.857. The summed E-state index contributed by atoms with van der Waals surface area (Å²) in [5.41, 5.74) is 0. The van der Waals surface area contributed by atoms with E-state index in [2.05, 4.69) is 13.8 Å². The predicted molar refractivity (Wildman–Crippen MR) is 52.8 cm³/mol. The van der Waals surface area contributed by atoms with Crippen LogP contribution in [-0.2, 0) is 23.1 Å². The van der Waals surface area contributed by atoms with Crippen LogP contribution in [0.5, 0.6) is 0 Å². The van der Waals surface area contributed by atoms with Crippen LogP contribution in [0, 0.1) is 0 Å². The van der Waals surface area contributed by atoms with Gasteiger partial charge in [0.25, 0.3) is 0 Å². The first kappa shape index (κ1) is 13.9. The average Bonchev–Trinajstić information content (AvgIpc) is 2.23. The normalized spacial score (nSPS) is 11.4. The molecule has 0 aromatic heterocycles. The molecule has 7 heteroatoms. The smallest absolute Gasteiger partial charge is 0.330 e. The van der Waals surface area contributed by atoms with Gasteiger partial charge in [0.2, 0.25) is 0 Å². The molecule has 84 valence electrons. The lowest BCUT2D eigenvalue weighted by Gasteiger charge is -2.12. The summed E-state index contributed by atoms with van der Waals surface area (Å²) < 4.78 is 25.4. The Hall–Kier alpha value is -0.0900. The third-order valence-corrected chi connectivity index (χ3v) is 3.52. The van der Waals surface area contributed by atoms with Crippen LogP contribution >= 0.6 is 19.2 Å². The van der Waals surface area contributed by atoms with Crippen LogP contribution < -0.4 is 0 Å². The van der Waals surface area contributed by atoms with Gasteiger partial charge in [0.15, 0.2) is 0 Å². The van der Waals surface area contributed by atoms with E-state index >= 15 is 0 Å². The molecule has 0 aliphatic carbocycles. The van der Waals surface area contributed by atoms with Crippen LogP contribution in [0.1, 0.15) is 6.42 Å². The molecule has 5 nitrogen and oxygen atoms in total. The highest BCUT2D eigenvalue weighted by Gasteiger charge is 2.22. The quantitative estimate of drug-likeness (QED) is 0.387. The molecule has 0 unspecified atom stereocenters. The summed E-state index contributed by atoms with van der Waals surface area (Å²) in [5.74, 6) is -0.210. The summed E-state index contributed by atoms with van der Waals surface area (Å²) in [6, 6.07) is 0. The van der Waals surface area contributed by atoms with Crippen LogP contribution in [0.3, 0.4) is 0 Å². The van der Waals surface area contributed by atoms with E-state index in [1.54, 1.807) is 0 Å². The van der Waals surface area contributed by atoms with Crippen LogP contribution in [-0.4, -0.2) is 38.8 Å². The number of ether oxygens (including phenoxy) is 1. The highest BCUT2D eigenvalue weighted by molar-refractivity contribution is 7.53. The molecule has 0 saturated carbocycles. The van der Waals surface area contributed by atoms with Gasteiger partial charge < -0.3 is 13.8 Å². The Balaban J connectivity index is 3.80. The Kier molecular flexibility index (Phi) is 7.19. The van der Waals surface area contributed by atoms with E-state index in [1.807, 2.05) is 0 Å². The van der Waals surface area contributed by atoms with Crippen molar-refractivity contribution < 1.29 is 23.1 Å². The van der Waals surface area contributed by atoms with Crippen molar-refractivity contribution in [3.8, 4) is 0 Å². The minimum absolute atomic E-state index is 0.00412. The molecule has 0 heterocycles. The number of hydrogen-bond donors (Lipinski definition) is 0. The lowest BCUT2D eigenvalue weighted by Crippen LogP contribution is -2.09. The maximum atomic E-state index is 11.5. The number of hydrogen-bond acceptors (Lipinski definition) is 5. The second kappa shape index (κ2) is 7.23. The first-order valence-electron chi connectivity index (χ1n) is 4.00. The van der Waals surface area contributed by atoms with Gasteiger partial charge in [0.1, 0.15) is 6.61 Å². The summed E-state index contributed by atoms with van der Waals surface area (Å²) in [4.78, 5) is 11.0. The summed E-state index contributed by atoms with van der Waals surface area (Å²) in [5, 5.41) is 0. The number of alkyl halides is 1. The molecule has 0 bridgehead atoms. The maximum absolute atomic E-state index is 11.5. The van der Waals surface area contributed by atoms with E-state index in [9.17, 15) is 9.36 Å². The first-order chi connectivity index (χ1) is 6.58. The van der Waals surface area contributed by atoms with Gasteiger partial charge in [0.05, 0.1) is 18.5 Å². The number of rotatable bonds is 7. The van der Waals surface area contributed by atoms with Crippen molar-refractivity contribution in [2.24, 2.45) is 0 Å². The molecule has 0 N–H and O–H groups in total. The molecule has 0 atom stereocenters. The van der Waals surface area contributed by atoms with Crippen LogP contribution in [0.15, 0.2) is 0 Å². The minimum atomic E-state index is -3.10. The highest BCUT2D eigenvalue weighted by atomic mass is 35.5. The van der Waals surface area contributed by atoms with Crippen molar-refractivity contribution in [2.75, 3.05) is 32.9 Å². The summed E-state index contributed by atoms with van der Waals surface area (Å²) in [7, 11) is -0.557. The second-order valence-corrected chi connectivity index (χ2v) is 5.14. The van der Waals surface area contributed by atoms with E-state index in [4.69, 9.17) is 11.6 Å². The Morgan fingerprint density at radius 2 is 1.93 bits per heavy atom. The van der Waals surface area contributed by atoms with Gasteiger partial charge >= 0.3 is 13.6 Å². The van der Waals surface area contributed by atoms with Crippen LogP contribution in [0.2, 0.25) is 0 Å². The minimum Gasteiger partial charge on any atom is -0.464 e. The van der Waals surface area contributed by atoms with Crippen molar-refractivity contribution in [3.05, 3.63) is 0 Å². The molecule has 0 amide bonds. The molecule has 0 saturated heterocycles. The summed E-state index contributed by atoms with van der Waals surface area (Å²) >= 11 is 5.31. The monoisotopic (exact) mass is 244 g/mol. The molecular formula is C7H14ClO5P. The van der Waals surface area contributed by atoms with Crippen LogP contribution in [0.25, 0.3) is 0 Å². The lowest BCUT2D eigenvalue weighted by molar-refractivity contribution is -0.142. The maximum Gasteiger partial charge on any atom is 0.330 e. The third kappa shape index (κ3) is 5.60. The summed E-state index contributed by atoms with van der Waals surface area (Å²) in [6.45, 7) is 0.157. The molecule has 0 aliphatic rings. The SMILES string of the molecule is COP(=O)(CCC(=O)OCCCl)OC. The second-order valence-electron chi connectivity index (χ2n) is 2.36. The van der Waals surface area contributed by atoms with E-state index in [-0.39, 0.29) is 25.1 Å². The largest absolute Gasteiger partial charge is 0.464 e. The molecule has 0 radical (unpaired) electrons. The molecule has 0 fully saturated rings.